The molecule has 0 bridgehead atoms. The van der Waals surface area contributed by atoms with Gasteiger partial charge < -0.3 is 25.0 Å². The van der Waals surface area contributed by atoms with E-state index in [4.69, 9.17) is 9.47 Å². The number of fused-ring (bicyclic) bond motifs is 1. The highest BCUT2D eigenvalue weighted by atomic mass is 16.6. The Bertz CT molecular complexity index is 1200. The summed E-state index contributed by atoms with van der Waals surface area (Å²) in [6.07, 6.45) is 0.510. The van der Waals surface area contributed by atoms with Crippen LogP contribution in [0.25, 0.3) is 0 Å². The first-order valence-corrected chi connectivity index (χ1v) is 13.4. The Morgan fingerprint density at radius 1 is 1.18 bits per heavy atom. The second kappa shape index (κ2) is 9.43. The Labute approximate surface area is 223 Å². The Morgan fingerprint density at radius 2 is 1.87 bits per heavy atom. The lowest BCUT2D eigenvalue weighted by Crippen LogP contribution is -2.60. The van der Waals surface area contributed by atoms with Gasteiger partial charge >= 0.3 is 5.97 Å². The van der Waals surface area contributed by atoms with E-state index < -0.39 is 59.2 Å². The smallest absolute Gasteiger partial charge is 0.303 e. The van der Waals surface area contributed by atoms with Crippen LogP contribution in [0.2, 0.25) is 0 Å². The first kappa shape index (κ1) is 26.8. The number of amides is 1. The molecule has 0 radical (unpaired) electrons. The molecule has 2 fully saturated rings. The van der Waals surface area contributed by atoms with Crippen molar-refractivity contribution >= 4 is 17.7 Å². The molecule has 5 rings (SSSR count). The van der Waals surface area contributed by atoms with Crippen LogP contribution >= 0.6 is 0 Å². The third-order valence-corrected chi connectivity index (χ3v) is 9.27. The second-order valence-electron chi connectivity index (χ2n) is 11.6. The van der Waals surface area contributed by atoms with Gasteiger partial charge in [0.2, 0.25) is 5.91 Å². The number of nitrogens with one attached hydrogen (secondary N) is 1. The fraction of sp³-hybridized carbons (Fsp3) is 0.567. The number of aliphatic hydroxyl groups is 2. The van der Waals surface area contributed by atoms with Gasteiger partial charge in [0.1, 0.15) is 29.3 Å². The number of carbonyl (C=O) groups is 3. The van der Waals surface area contributed by atoms with E-state index in [0.717, 1.165) is 16.7 Å². The molecule has 2 saturated heterocycles. The number of aliphatic hydroxyl groups excluding tert-OH is 1. The average molecular weight is 524 g/mol. The number of carbonyl (C=O) groups excluding carboxylic acids is 3. The number of rotatable bonds is 3. The number of allylic oxidation sites excluding steroid dienone is 1. The fourth-order valence-corrected chi connectivity index (χ4v) is 7.27. The predicted molar refractivity (Wildman–Crippen MR) is 139 cm³/mol. The van der Waals surface area contributed by atoms with E-state index in [0.29, 0.717) is 12.8 Å². The summed E-state index contributed by atoms with van der Waals surface area (Å²) in [5.41, 5.74) is -0.550. The molecule has 1 spiro atoms. The topological polar surface area (TPSA) is 125 Å². The lowest BCUT2D eigenvalue weighted by Gasteiger charge is -2.50. The first-order valence-electron chi connectivity index (χ1n) is 13.4. The number of epoxide rings is 1. The molecule has 4 aliphatic rings. The van der Waals surface area contributed by atoms with Gasteiger partial charge in [-0.2, -0.15) is 0 Å². The molecule has 8 heteroatoms. The molecule has 204 valence electrons. The summed E-state index contributed by atoms with van der Waals surface area (Å²) >= 11 is 0. The van der Waals surface area contributed by atoms with Crippen molar-refractivity contribution in [3.63, 3.8) is 0 Å². The van der Waals surface area contributed by atoms with Crippen LogP contribution in [0.4, 0.5) is 0 Å². The Hall–Kier alpha value is -2.81. The number of benzene rings is 1. The van der Waals surface area contributed by atoms with Gasteiger partial charge in [-0.15, -0.1) is 0 Å². The molecule has 38 heavy (non-hydrogen) atoms. The van der Waals surface area contributed by atoms with Crippen LogP contribution in [0.15, 0.2) is 53.6 Å². The molecular formula is C30H37NO7. The minimum absolute atomic E-state index is 0.325. The van der Waals surface area contributed by atoms with Gasteiger partial charge in [0.05, 0.1) is 6.10 Å². The molecule has 10 atom stereocenters. The summed E-state index contributed by atoms with van der Waals surface area (Å²) in [6.45, 7) is 8.23. The normalized spacial score (nSPS) is 42.4. The molecule has 8 nitrogen and oxygen atoms in total. The van der Waals surface area contributed by atoms with Crippen LogP contribution in [-0.4, -0.2) is 63.9 Å². The van der Waals surface area contributed by atoms with Crippen molar-refractivity contribution in [2.24, 2.45) is 23.2 Å². The maximum absolute atomic E-state index is 14.3. The first-order chi connectivity index (χ1) is 17.9. The van der Waals surface area contributed by atoms with E-state index in [1.54, 1.807) is 19.1 Å². The van der Waals surface area contributed by atoms with Crippen molar-refractivity contribution in [2.45, 2.75) is 83.5 Å². The summed E-state index contributed by atoms with van der Waals surface area (Å²) in [5.74, 6) is -2.99. The van der Waals surface area contributed by atoms with E-state index >= 15 is 0 Å². The maximum atomic E-state index is 14.3. The SMILES string of the molecule is CC(=O)OC1C2OC2C(C)(O)C(=O)C(C)CC=CC2C(O)C(C)=C(C)C3C(Cc4ccccc4)NC(=O)C213. The van der Waals surface area contributed by atoms with E-state index in [1.165, 1.54) is 13.8 Å². The molecule has 0 aromatic heterocycles. The van der Waals surface area contributed by atoms with Gasteiger partial charge in [0, 0.05) is 30.7 Å². The highest BCUT2D eigenvalue weighted by molar-refractivity contribution is 5.91. The van der Waals surface area contributed by atoms with Crippen molar-refractivity contribution in [2.75, 3.05) is 0 Å². The van der Waals surface area contributed by atoms with Crippen molar-refractivity contribution in [3.05, 3.63) is 59.2 Å². The second-order valence-corrected chi connectivity index (χ2v) is 11.6. The van der Waals surface area contributed by atoms with Crippen LogP contribution < -0.4 is 5.32 Å². The van der Waals surface area contributed by atoms with Crippen LogP contribution in [0, 0.1) is 23.2 Å². The van der Waals surface area contributed by atoms with Gasteiger partial charge in [0.15, 0.2) is 5.78 Å². The molecule has 2 heterocycles. The monoisotopic (exact) mass is 523 g/mol. The zero-order chi connectivity index (χ0) is 27.6. The highest BCUT2D eigenvalue weighted by Crippen LogP contribution is 2.60. The lowest BCUT2D eigenvalue weighted by atomic mass is 9.53. The summed E-state index contributed by atoms with van der Waals surface area (Å²) in [7, 11) is 0. The summed E-state index contributed by atoms with van der Waals surface area (Å²) < 4.78 is 11.9. The third-order valence-electron chi connectivity index (χ3n) is 9.27. The lowest BCUT2D eigenvalue weighted by molar-refractivity contribution is -0.169. The Morgan fingerprint density at radius 3 is 2.53 bits per heavy atom. The van der Waals surface area contributed by atoms with Crippen LogP contribution in [0.3, 0.4) is 0 Å². The van der Waals surface area contributed by atoms with E-state index in [2.05, 4.69) is 5.32 Å². The number of ketones is 1. The number of Topliss-reactive ketones (excluding diaryl/α,β-unsaturated/α-hetero) is 1. The largest absolute Gasteiger partial charge is 0.458 e. The van der Waals surface area contributed by atoms with Crippen LogP contribution in [0.1, 0.15) is 46.6 Å². The van der Waals surface area contributed by atoms with Gasteiger partial charge in [-0.1, -0.05) is 55.0 Å². The number of hydrogen-bond acceptors (Lipinski definition) is 7. The van der Waals surface area contributed by atoms with Crippen molar-refractivity contribution in [1.29, 1.82) is 0 Å². The van der Waals surface area contributed by atoms with Gasteiger partial charge in [-0.3, -0.25) is 14.4 Å². The molecule has 2 aliphatic heterocycles. The summed E-state index contributed by atoms with van der Waals surface area (Å²) in [4.78, 5) is 40.0. The molecule has 10 unspecified atom stereocenters. The number of esters is 1. The zero-order valence-electron chi connectivity index (χ0n) is 22.5. The quantitative estimate of drug-likeness (QED) is 0.315. The van der Waals surface area contributed by atoms with Crippen LogP contribution in [-0.2, 0) is 30.3 Å². The predicted octanol–water partition coefficient (Wildman–Crippen LogP) is 2.27. The third kappa shape index (κ3) is 3.96. The van der Waals surface area contributed by atoms with Crippen molar-refractivity contribution < 1.29 is 34.1 Å². The molecule has 3 N–H and O–H groups in total. The molecule has 1 aromatic carbocycles. The Balaban J connectivity index is 1.72. The van der Waals surface area contributed by atoms with E-state index in [1.807, 2.05) is 44.2 Å². The molecule has 1 aromatic rings. The number of ether oxygens (including phenoxy) is 2. The zero-order valence-corrected chi connectivity index (χ0v) is 22.5. The minimum Gasteiger partial charge on any atom is -0.458 e. The van der Waals surface area contributed by atoms with Gasteiger partial charge in [-0.05, 0) is 44.7 Å². The van der Waals surface area contributed by atoms with Gasteiger partial charge in [0.25, 0.3) is 0 Å². The van der Waals surface area contributed by atoms with E-state index in [-0.39, 0.29) is 17.7 Å². The summed E-state index contributed by atoms with van der Waals surface area (Å²) in [5, 5.41) is 26.1. The van der Waals surface area contributed by atoms with E-state index in [9.17, 15) is 24.6 Å². The van der Waals surface area contributed by atoms with Crippen molar-refractivity contribution in [3.8, 4) is 0 Å². The standard InChI is InChI=1S/C30H37NO7/c1-15-10-9-13-20-23(33)17(3)16(2)22-21(14-19-11-7-6-8-12-19)31-28(35)30(20,22)27(37-18(4)32)24-26(38-24)29(5,36)25(15)34/h6-9,11-13,15,20-24,26-27,33,36H,10,14H2,1-5H3,(H,31,35). The van der Waals surface area contributed by atoms with Crippen LogP contribution in [0.5, 0.6) is 0 Å². The van der Waals surface area contributed by atoms with Crippen molar-refractivity contribution in [1.82, 2.24) is 5.32 Å². The molecule has 0 saturated carbocycles. The van der Waals surface area contributed by atoms with Gasteiger partial charge in [-0.25, -0.2) is 0 Å². The highest BCUT2D eigenvalue weighted by Gasteiger charge is 2.73. The molecule has 2 aliphatic carbocycles. The average Bonchev–Trinajstić information content (AvgIpc) is 3.62. The Kier molecular flexibility index (Phi) is 6.65. The minimum atomic E-state index is -1.82. The number of hydrogen-bond donors (Lipinski definition) is 3. The summed E-state index contributed by atoms with van der Waals surface area (Å²) in [6, 6.07) is 9.51. The fourth-order valence-electron chi connectivity index (χ4n) is 7.27. The molecular weight excluding hydrogens is 486 g/mol. The molecule has 1 amide bonds. The maximum Gasteiger partial charge on any atom is 0.303 e.